The molecule has 0 unspecified atom stereocenters. The van der Waals surface area contributed by atoms with Gasteiger partial charge in [0.2, 0.25) is 5.91 Å². The highest BCUT2D eigenvalue weighted by atomic mass is 79.9. The van der Waals surface area contributed by atoms with E-state index in [0.29, 0.717) is 17.6 Å². The van der Waals surface area contributed by atoms with Crippen molar-refractivity contribution in [3.63, 3.8) is 0 Å². The summed E-state index contributed by atoms with van der Waals surface area (Å²) in [4.78, 5) is 13.6. The van der Waals surface area contributed by atoms with Gasteiger partial charge in [-0.15, -0.1) is 11.3 Å². The average Bonchev–Trinajstić information content (AvgIpc) is 3.10. The van der Waals surface area contributed by atoms with Crippen molar-refractivity contribution in [2.45, 2.75) is 11.4 Å². The Kier molecular flexibility index (Phi) is 4.05. The number of nitrogens with one attached hydrogen (secondary N) is 1. The molecule has 2 aromatic carbocycles. The first-order valence-corrected chi connectivity index (χ1v) is 10.6. The molecular formula is C17H13BrN2O3S2. The van der Waals surface area contributed by atoms with Crippen LogP contribution in [0.1, 0.15) is 4.88 Å². The number of thiophene rings is 1. The normalized spacial score (nSPS) is 14.8. The highest BCUT2D eigenvalue weighted by Gasteiger charge is 2.36. The molecule has 8 heteroatoms. The molecule has 0 saturated heterocycles. The summed E-state index contributed by atoms with van der Waals surface area (Å²) in [6.07, 6.45) is 0. The molecule has 25 heavy (non-hydrogen) atoms. The predicted molar refractivity (Wildman–Crippen MR) is 102 cm³/mol. The number of hydrogen-bond donors (Lipinski definition) is 1. The lowest BCUT2D eigenvalue weighted by Gasteiger charge is -2.18. The van der Waals surface area contributed by atoms with E-state index >= 15 is 0 Å². The lowest BCUT2D eigenvalue weighted by atomic mass is 10.1. The number of hydrogen-bond acceptors (Lipinski definition) is 4. The summed E-state index contributed by atoms with van der Waals surface area (Å²) >= 11 is 4.89. The molecule has 1 N–H and O–H groups in total. The molecule has 0 saturated carbocycles. The highest BCUT2D eigenvalue weighted by molar-refractivity contribution is 9.10. The summed E-state index contributed by atoms with van der Waals surface area (Å²) in [5.74, 6) is -0.335. The number of nitrogens with zero attached hydrogens (tertiary/aromatic N) is 1. The molecule has 0 bridgehead atoms. The van der Waals surface area contributed by atoms with Crippen LogP contribution in [-0.2, 0) is 21.4 Å². The average molecular weight is 437 g/mol. The SMILES string of the molecule is O=C(CN1c2cccc3cccc(c23)S1(=O)=O)NCc1cc(Br)cs1. The molecule has 0 atom stereocenters. The lowest BCUT2D eigenvalue weighted by molar-refractivity contribution is -0.119. The van der Waals surface area contributed by atoms with E-state index in [2.05, 4.69) is 21.2 Å². The van der Waals surface area contributed by atoms with Gasteiger partial charge in [-0.3, -0.25) is 9.10 Å². The van der Waals surface area contributed by atoms with Gasteiger partial charge in [0.1, 0.15) is 6.54 Å². The van der Waals surface area contributed by atoms with E-state index in [0.717, 1.165) is 14.7 Å². The van der Waals surface area contributed by atoms with Gasteiger partial charge in [-0.2, -0.15) is 0 Å². The fourth-order valence-corrected chi connectivity index (χ4v) is 6.00. The Morgan fingerprint density at radius 2 is 1.96 bits per heavy atom. The zero-order valence-corrected chi connectivity index (χ0v) is 16.1. The monoisotopic (exact) mass is 436 g/mol. The molecule has 1 aliphatic rings. The Hall–Kier alpha value is -1.90. The Morgan fingerprint density at radius 1 is 1.20 bits per heavy atom. The van der Waals surface area contributed by atoms with Crippen LogP contribution in [0.2, 0.25) is 0 Å². The maximum atomic E-state index is 12.8. The topological polar surface area (TPSA) is 66.5 Å². The summed E-state index contributed by atoms with van der Waals surface area (Å²) < 4.78 is 27.8. The Bertz CT molecular complexity index is 1090. The number of halogens is 1. The third kappa shape index (κ3) is 2.84. The van der Waals surface area contributed by atoms with Gasteiger partial charge in [-0.25, -0.2) is 8.42 Å². The highest BCUT2D eigenvalue weighted by Crippen LogP contribution is 2.41. The van der Waals surface area contributed by atoms with Crippen molar-refractivity contribution in [3.05, 3.63) is 57.2 Å². The largest absolute Gasteiger partial charge is 0.350 e. The van der Waals surface area contributed by atoms with Gasteiger partial charge in [-0.1, -0.05) is 24.3 Å². The van der Waals surface area contributed by atoms with E-state index in [1.54, 1.807) is 24.3 Å². The van der Waals surface area contributed by atoms with Crippen molar-refractivity contribution >= 4 is 59.7 Å². The summed E-state index contributed by atoms with van der Waals surface area (Å²) in [5, 5.41) is 6.25. The Morgan fingerprint density at radius 3 is 2.68 bits per heavy atom. The van der Waals surface area contributed by atoms with E-state index in [-0.39, 0.29) is 17.3 Å². The van der Waals surface area contributed by atoms with Gasteiger partial charge in [0.25, 0.3) is 10.0 Å². The molecular weight excluding hydrogens is 424 g/mol. The van der Waals surface area contributed by atoms with Gasteiger partial charge >= 0.3 is 0 Å². The molecule has 1 aliphatic heterocycles. The second kappa shape index (κ2) is 6.12. The van der Waals surface area contributed by atoms with Crippen LogP contribution in [0.3, 0.4) is 0 Å². The number of rotatable bonds is 4. The van der Waals surface area contributed by atoms with Crippen LogP contribution in [-0.4, -0.2) is 20.9 Å². The molecule has 0 spiro atoms. The third-order valence-electron chi connectivity index (χ3n) is 4.05. The van der Waals surface area contributed by atoms with Crippen LogP contribution in [0.5, 0.6) is 0 Å². The number of benzene rings is 2. The van der Waals surface area contributed by atoms with Gasteiger partial charge in [0, 0.05) is 20.1 Å². The van der Waals surface area contributed by atoms with Crippen molar-refractivity contribution in [1.29, 1.82) is 0 Å². The standard InChI is InChI=1S/C17H13BrN2O3S2/c18-12-7-13(24-10-12)8-19-16(21)9-20-14-5-1-3-11-4-2-6-15(17(11)14)25(20,22)23/h1-7,10H,8-9H2,(H,19,21). The van der Waals surface area contributed by atoms with Crippen LogP contribution >= 0.6 is 27.3 Å². The number of amides is 1. The van der Waals surface area contributed by atoms with Crippen LogP contribution < -0.4 is 9.62 Å². The van der Waals surface area contributed by atoms with Crippen molar-refractivity contribution in [2.24, 2.45) is 0 Å². The van der Waals surface area contributed by atoms with E-state index in [1.807, 2.05) is 23.6 Å². The fourth-order valence-electron chi connectivity index (χ4n) is 2.95. The van der Waals surface area contributed by atoms with Gasteiger partial charge in [0.15, 0.2) is 0 Å². The fraction of sp³-hybridized carbons (Fsp3) is 0.118. The molecule has 4 rings (SSSR count). The van der Waals surface area contributed by atoms with Crippen LogP contribution in [0.25, 0.3) is 10.8 Å². The van der Waals surface area contributed by atoms with Crippen LogP contribution in [0.15, 0.2) is 57.2 Å². The Balaban J connectivity index is 1.59. The summed E-state index contributed by atoms with van der Waals surface area (Å²) in [5.41, 5.74) is 0.558. The zero-order valence-electron chi connectivity index (χ0n) is 12.9. The number of sulfonamides is 1. The van der Waals surface area contributed by atoms with Crippen molar-refractivity contribution < 1.29 is 13.2 Å². The molecule has 5 nitrogen and oxygen atoms in total. The van der Waals surface area contributed by atoms with E-state index in [9.17, 15) is 13.2 Å². The molecule has 128 valence electrons. The summed E-state index contributed by atoms with van der Waals surface area (Å²) in [6.45, 7) is 0.142. The van der Waals surface area contributed by atoms with E-state index < -0.39 is 10.0 Å². The van der Waals surface area contributed by atoms with Gasteiger partial charge in [-0.05, 0) is 39.5 Å². The minimum atomic E-state index is -3.70. The third-order valence-corrected chi connectivity index (χ3v) is 7.55. The molecule has 3 aromatic rings. The minimum absolute atomic E-state index is 0.233. The second-order valence-electron chi connectivity index (χ2n) is 5.65. The van der Waals surface area contributed by atoms with Crippen LogP contribution in [0, 0.1) is 0 Å². The zero-order chi connectivity index (χ0) is 17.6. The first-order valence-electron chi connectivity index (χ1n) is 7.51. The molecule has 0 radical (unpaired) electrons. The van der Waals surface area contributed by atoms with E-state index in [4.69, 9.17) is 0 Å². The van der Waals surface area contributed by atoms with Crippen LogP contribution in [0.4, 0.5) is 5.69 Å². The molecule has 0 aliphatic carbocycles. The molecule has 1 amide bonds. The first kappa shape index (κ1) is 16.6. The van der Waals surface area contributed by atoms with E-state index in [1.165, 1.54) is 15.6 Å². The predicted octanol–water partition coefficient (Wildman–Crippen LogP) is 3.49. The first-order chi connectivity index (χ1) is 12.0. The molecule has 1 aromatic heterocycles. The summed E-state index contributed by atoms with van der Waals surface area (Å²) in [6, 6.07) is 12.5. The number of carbonyl (C=O) groups is 1. The quantitative estimate of drug-likeness (QED) is 0.680. The number of anilines is 1. The molecule has 0 fully saturated rings. The van der Waals surface area contributed by atoms with Crippen molar-refractivity contribution in [3.8, 4) is 0 Å². The Labute approximate surface area is 157 Å². The maximum absolute atomic E-state index is 12.8. The maximum Gasteiger partial charge on any atom is 0.265 e. The number of carbonyl (C=O) groups excluding carboxylic acids is 1. The minimum Gasteiger partial charge on any atom is -0.350 e. The van der Waals surface area contributed by atoms with Crippen molar-refractivity contribution in [2.75, 3.05) is 10.8 Å². The van der Waals surface area contributed by atoms with Gasteiger partial charge in [0.05, 0.1) is 17.1 Å². The lowest BCUT2D eigenvalue weighted by Crippen LogP contribution is -2.38. The smallest absolute Gasteiger partial charge is 0.265 e. The summed E-state index contributed by atoms with van der Waals surface area (Å²) in [7, 11) is -3.70. The van der Waals surface area contributed by atoms with Crippen molar-refractivity contribution in [1.82, 2.24) is 5.32 Å². The molecule has 2 heterocycles. The second-order valence-corrected chi connectivity index (χ2v) is 9.39. The van der Waals surface area contributed by atoms with Gasteiger partial charge < -0.3 is 5.32 Å².